The van der Waals surface area contributed by atoms with Crippen LogP contribution in [0.4, 0.5) is 0 Å². The van der Waals surface area contributed by atoms with E-state index < -0.39 is 15.4 Å². The van der Waals surface area contributed by atoms with E-state index in [-0.39, 0.29) is 7.43 Å². The van der Waals surface area contributed by atoms with E-state index in [2.05, 4.69) is 2.51 Å². The van der Waals surface area contributed by atoms with Crippen LogP contribution in [-0.4, -0.2) is 8.42 Å². The Morgan fingerprint density at radius 2 is 1.87 bits per heavy atom. The standard InChI is InChI=1S/C8H6INO3S.CH4/c9-13-14(11,12)8(6-10)7-4-2-1-3-5-7;/h1-5,8H;1H4. The molecule has 0 aromatic heterocycles. The van der Waals surface area contributed by atoms with Crippen molar-refractivity contribution < 1.29 is 10.9 Å². The Morgan fingerprint density at radius 3 is 2.27 bits per heavy atom. The minimum Gasteiger partial charge on any atom is -0.198 e. The highest BCUT2D eigenvalue weighted by atomic mass is 127. The van der Waals surface area contributed by atoms with Gasteiger partial charge >= 0.3 is 0 Å². The zero-order valence-electron chi connectivity index (χ0n) is 6.92. The SMILES string of the molecule is C.N#CC(c1ccccc1)S(=O)(=O)OI. The molecule has 0 heterocycles. The first kappa shape index (κ1) is 14.3. The van der Waals surface area contributed by atoms with Gasteiger partial charge in [-0.3, -0.25) is 0 Å². The normalized spacial score (nSPS) is 12.3. The first-order valence-electron chi connectivity index (χ1n) is 3.60. The van der Waals surface area contributed by atoms with Crippen molar-refractivity contribution in [2.24, 2.45) is 0 Å². The van der Waals surface area contributed by atoms with Gasteiger partial charge in [0.15, 0.2) is 5.25 Å². The van der Waals surface area contributed by atoms with Gasteiger partial charge in [-0.25, -0.2) is 0 Å². The van der Waals surface area contributed by atoms with E-state index in [1.54, 1.807) is 36.4 Å². The van der Waals surface area contributed by atoms with Crippen molar-refractivity contribution in [2.45, 2.75) is 12.7 Å². The molecule has 0 saturated carbocycles. The fourth-order valence-corrected chi connectivity index (χ4v) is 2.29. The highest BCUT2D eigenvalue weighted by molar-refractivity contribution is 14.1. The van der Waals surface area contributed by atoms with Gasteiger partial charge in [0, 0.05) is 0 Å². The van der Waals surface area contributed by atoms with Gasteiger partial charge in [0.05, 0.1) is 6.07 Å². The van der Waals surface area contributed by atoms with Gasteiger partial charge in [-0.2, -0.15) is 16.2 Å². The number of nitrogens with zero attached hydrogens (tertiary/aromatic N) is 1. The maximum absolute atomic E-state index is 11.3. The van der Waals surface area contributed by atoms with Gasteiger partial charge in [0.2, 0.25) is 0 Å². The van der Waals surface area contributed by atoms with Crippen LogP contribution in [0.1, 0.15) is 18.2 Å². The van der Waals surface area contributed by atoms with Gasteiger partial charge in [-0.05, 0) is 5.56 Å². The van der Waals surface area contributed by atoms with Crippen LogP contribution >= 0.6 is 23.0 Å². The average molecular weight is 339 g/mol. The molecule has 0 aliphatic carbocycles. The molecule has 82 valence electrons. The molecule has 1 unspecified atom stereocenters. The molecule has 0 amide bonds. The van der Waals surface area contributed by atoms with Crippen LogP contribution in [0.3, 0.4) is 0 Å². The topological polar surface area (TPSA) is 67.2 Å². The van der Waals surface area contributed by atoms with Crippen LogP contribution in [0, 0.1) is 11.3 Å². The summed E-state index contributed by atoms with van der Waals surface area (Å²) in [6, 6.07) is 9.92. The lowest BCUT2D eigenvalue weighted by molar-refractivity contribution is 0.530. The maximum atomic E-state index is 11.3. The molecule has 1 atom stereocenters. The molecule has 0 spiro atoms. The van der Waals surface area contributed by atoms with Gasteiger partial charge in [0.1, 0.15) is 23.0 Å². The van der Waals surface area contributed by atoms with Crippen molar-refractivity contribution in [3.63, 3.8) is 0 Å². The van der Waals surface area contributed by atoms with Crippen molar-refractivity contribution >= 4 is 33.1 Å². The summed E-state index contributed by atoms with van der Waals surface area (Å²) in [7, 11) is -3.84. The third kappa shape index (κ3) is 3.44. The Balaban J connectivity index is 0.00000196. The molecule has 0 bridgehead atoms. The number of hydrogen-bond acceptors (Lipinski definition) is 4. The summed E-state index contributed by atoms with van der Waals surface area (Å²) < 4.78 is 26.8. The zero-order valence-corrected chi connectivity index (χ0v) is 9.90. The summed E-state index contributed by atoms with van der Waals surface area (Å²) in [6.45, 7) is 0. The summed E-state index contributed by atoms with van der Waals surface area (Å²) in [5.41, 5.74) is 0.409. The molecule has 1 aromatic rings. The third-order valence-electron chi connectivity index (χ3n) is 1.60. The first-order chi connectivity index (χ1) is 6.61. The minimum atomic E-state index is -3.84. The molecule has 1 rings (SSSR count). The summed E-state index contributed by atoms with van der Waals surface area (Å²) in [5, 5.41) is 7.47. The van der Waals surface area contributed by atoms with Gasteiger partial charge in [0.25, 0.3) is 10.1 Å². The van der Waals surface area contributed by atoms with Gasteiger partial charge in [-0.15, -0.1) is 0 Å². The Bertz CT molecular complexity index is 438. The lowest BCUT2D eigenvalue weighted by Gasteiger charge is -2.06. The molecular formula is C9H10INO3S. The van der Waals surface area contributed by atoms with Crippen LogP contribution in [0.2, 0.25) is 0 Å². The minimum absolute atomic E-state index is 0. The molecule has 0 N–H and O–H groups in total. The predicted molar refractivity (Wildman–Crippen MR) is 65.6 cm³/mol. The molecule has 4 nitrogen and oxygen atoms in total. The molecule has 0 aliphatic rings. The molecule has 0 radical (unpaired) electrons. The summed E-state index contributed by atoms with van der Waals surface area (Å²) >= 11 is 1.26. The van der Waals surface area contributed by atoms with E-state index >= 15 is 0 Å². The second-order valence-corrected chi connectivity index (χ2v) is 5.14. The molecule has 0 saturated heterocycles. The lowest BCUT2D eigenvalue weighted by atomic mass is 10.2. The largest absolute Gasteiger partial charge is 0.297 e. The zero-order chi connectivity index (χ0) is 10.6. The predicted octanol–water partition coefficient (Wildman–Crippen LogP) is 2.58. The number of benzene rings is 1. The molecule has 15 heavy (non-hydrogen) atoms. The number of hydrogen-bond donors (Lipinski definition) is 0. The third-order valence-corrected chi connectivity index (χ3v) is 4.23. The number of nitriles is 1. The van der Waals surface area contributed by atoms with Gasteiger partial charge in [-0.1, -0.05) is 37.8 Å². The van der Waals surface area contributed by atoms with Crippen molar-refractivity contribution in [1.29, 1.82) is 5.26 Å². The van der Waals surface area contributed by atoms with E-state index in [9.17, 15) is 8.42 Å². The van der Waals surface area contributed by atoms with Crippen molar-refractivity contribution in [1.82, 2.24) is 0 Å². The van der Waals surface area contributed by atoms with Crippen LogP contribution in [0.5, 0.6) is 0 Å². The molecular weight excluding hydrogens is 329 g/mol. The van der Waals surface area contributed by atoms with E-state index in [0.29, 0.717) is 5.56 Å². The van der Waals surface area contributed by atoms with Crippen LogP contribution < -0.4 is 0 Å². The molecule has 0 aliphatic heterocycles. The summed E-state index contributed by atoms with van der Waals surface area (Å²) in [4.78, 5) is 0. The van der Waals surface area contributed by atoms with Crippen molar-refractivity contribution in [3.8, 4) is 6.07 Å². The average Bonchev–Trinajstić information content (AvgIpc) is 2.20. The first-order valence-corrected chi connectivity index (χ1v) is 5.95. The Morgan fingerprint density at radius 1 is 1.33 bits per heavy atom. The highest BCUT2D eigenvalue weighted by Crippen LogP contribution is 2.24. The van der Waals surface area contributed by atoms with E-state index in [1.807, 2.05) is 0 Å². The Labute approximate surface area is 104 Å². The maximum Gasteiger partial charge on any atom is 0.297 e. The smallest absolute Gasteiger partial charge is 0.198 e. The van der Waals surface area contributed by atoms with Crippen LogP contribution in [-0.2, 0) is 12.6 Å². The van der Waals surface area contributed by atoms with E-state index in [0.717, 1.165) is 0 Å². The molecule has 0 fully saturated rings. The summed E-state index contributed by atoms with van der Waals surface area (Å²) in [6.07, 6.45) is 0. The van der Waals surface area contributed by atoms with Gasteiger partial charge < -0.3 is 0 Å². The van der Waals surface area contributed by atoms with Crippen LogP contribution in [0.15, 0.2) is 30.3 Å². The highest BCUT2D eigenvalue weighted by Gasteiger charge is 2.27. The molecule has 1 aromatic carbocycles. The summed E-state index contributed by atoms with van der Waals surface area (Å²) in [5.74, 6) is 0. The molecule has 6 heteroatoms. The van der Waals surface area contributed by atoms with E-state index in [4.69, 9.17) is 5.26 Å². The number of rotatable bonds is 3. The lowest BCUT2D eigenvalue weighted by Crippen LogP contribution is -2.10. The monoisotopic (exact) mass is 339 g/mol. The van der Waals surface area contributed by atoms with E-state index in [1.165, 1.54) is 23.0 Å². The van der Waals surface area contributed by atoms with Crippen molar-refractivity contribution in [3.05, 3.63) is 35.9 Å². The Kier molecular flexibility index (Phi) is 5.79. The fourth-order valence-electron chi connectivity index (χ4n) is 0.970. The Hall–Kier alpha value is -0.650. The van der Waals surface area contributed by atoms with Crippen LogP contribution in [0.25, 0.3) is 0 Å². The fraction of sp³-hybridized carbons (Fsp3) is 0.222. The second kappa shape index (κ2) is 6.05. The second-order valence-electron chi connectivity index (χ2n) is 2.48. The quantitative estimate of drug-likeness (QED) is 0.794. The number of halogens is 1. The van der Waals surface area contributed by atoms with Crippen molar-refractivity contribution in [2.75, 3.05) is 0 Å².